The molecule has 0 saturated heterocycles. The summed E-state index contributed by atoms with van der Waals surface area (Å²) in [5, 5.41) is 0. The lowest BCUT2D eigenvalue weighted by atomic mass is 10.1. The van der Waals surface area contributed by atoms with Crippen molar-refractivity contribution in [2.24, 2.45) is 17.3 Å². The van der Waals surface area contributed by atoms with Gasteiger partial charge in [-0.25, -0.2) is 0 Å². The van der Waals surface area contributed by atoms with Gasteiger partial charge in [0.15, 0.2) is 0 Å². The van der Waals surface area contributed by atoms with Crippen LogP contribution in [0.2, 0.25) is 0 Å². The Hall–Kier alpha value is -0.850. The first-order valence-corrected chi connectivity index (χ1v) is 5.87. The minimum absolute atomic E-state index is 0.403. The van der Waals surface area contributed by atoms with Crippen molar-refractivity contribution in [1.29, 1.82) is 0 Å². The van der Waals surface area contributed by atoms with Crippen LogP contribution >= 0.6 is 0 Å². The van der Waals surface area contributed by atoms with Crippen LogP contribution in [0.15, 0.2) is 17.7 Å². The molecule has 81 valence electrons. The van der Waals surface area contributed by atoms with Gasteiger partial charge in [0, 0.05) is 0 Å². The molecular formula is C14H19O. The largest absolute Gasteiger partial charge is 0.298 e. The van der Waals surface area contributed by atoms with E-state index in [1.807, 2.05) is 0 Å². The summed E-state index contributed by atoms with van der Waals surface area (Å²) in [6.45, 7) is 4.62. The van der Waals surface area contributed by atoms with Gasteiger partial charge in [-0.1, -0.05) is 26.0 Å². The minimum Gasteiger partial charge on any atom is -0.298 e. The van der Waals surface area contributed by atoms with Crippen molar-refractivity contribution in [2.45, 2.75) is 39.5 Å². The molecule has 0 aromatic heterocycles. The second-order valence-electron chi connectivity index (χ2n) is 5.30. The third-order valence-electron chi connectivity index (χ3n) is 4.01. The van der Waals surface area contributed by atoms with Crippen LogP contribution in [0.5, 0.6) is 0 Å². The van der Waals surface area contributed by atoms with Crippen LogP contribution in [0.1, 0.15) is 39.5 Å². The molecule has 0 N–H and O–H groups in total. The molecule has 0 aromatic carbocycles. The smallest absolute Gasteiger partial charge is 0.145 e. The van der Waals surface area contributed by atoms with Gasteiger partial charge in [0.25, 0.3) is 0 Å². The normalized spacial score (nSPS) is 39.5. The van der Waals surface area contributed by atoms with E-state index >= 15 is 0 Å². The summed E-state index contributed by atoms with van der Waals surface area (Å²) in [4.78, 5) is 10.9. The van der Waals surface area contributed by atoms with E-state index in [1.54, 1.807) is 0 Å². The van der Waals surface area contributed by atoms with Crippen molar-refractivity contribution in [1.82, 2.24) is 0 Å². The van der Waals surface area contributed by atoms with Crippen molar-refractivity contribution < 1.29 is 4.79 Å². The van der Waals surface area contributed by atoms with Gasteiger partial charge < -0.3 is 0 Å². The van der Waals surface area contributed by atoms with Crippen LogP contribution in [0.3, 0.4) is 0 Å². The first kappa shape index (κ1) is 10.7. The molecule has 2 atom stereocenters. The fourth-order valence-corrected chi connectivity index (χ4v) is 2.76. The number of aldehydes is 1. The van der Waals surface area contributed by atoms with Crippen LogP contribution in [0.25, 0.3) is 0 Å². The zero-order chi connectivity index (χ0) is 10.9. The number of hydrogen-bond donors (Lipinski definition) is 0. The molecule has 1 radical (unpaired) electrons. The molecule has 0 spiro atoms. The Morgan fingerprint density at radius 3 is 3.07 bits per heavy atom. The highest BCUT2D eigenvalue weighted by Crippen LogP contribution is 2.61. The van der Waals surface area contributed by atoms with Crippen LogP contribution < -0.4 is 0 Å². The topological polar surface area (TPSA) is 17.1 Å². The Morgan fingerprint density at radius 1 is 1.53 bits per heavy atom. The molecule has 2 aliphatic rings. The molecule has 0 aromatic rings. The number of hydrogen-bond acceptors (Lipinski definition) is 1. The predicted octanol–water partition coefficient (Wildman–Crippen LogP) is 3.32. The van der Waals surface area contributed by atoms with E-state index in [4.69, 9.17) is 0 Å². The van der Waals surface area contributed by atoms with Crippen molar-refractivity contribution in [2.75, 3.05) is 0 Å². The molecule has 1 fully saturated rings. The Morgan fingerprint density at radius 2 is 2.33 bits per heavy atom. The van der Waals surface area contributed by atoms with Gasteiger partial charge >= 0.3 is 0 Å². The molecule has 2 aliphatic carbocycles. The van der Waals surface area contributed by atoms with Gasteiger partial charge in [0.2, 0.25) is 0 Å². The summed E-state index contributed by atoms with van der Waals surface area (Å²) in [7, 11) is 0. The fraction of sp³-hybridized carbons (Fsp3) is 0.643. The highest BCUT2D eigenvalue weighted by molar-refractivity contribution is 5.73. The molecule has 15 heavy (non-hydrogen) atoms. The molecule has 1 heteroatoms. The van der Waals surface area contributed by atoms with Crippen LogP contribution in [-0.4, -0.2) is 6.29 Å². The molecule has 0 unspecified atom stereocenters. The maximum atomic E-state index is 10.9. The van der Waals surface area contributed by atoms with E-state index in [1.165, 1.54) is 6.42 Å². The van der Waals surface area contributed by atoms with Crippen molar-refractivity contribution in [3.63, 3.8) is 0 Å². The quantitative estimate of drug-likeness (QED) is 0.597. The third-order valence-corrected chi connectivity index (χ3v) is 4.01. The summed E-state index contributed by atoms with van der Waals surface area (Å²) >= 11 is 0. The van der Waals surface area contributed by atoms with Gasteiger partial charge in [0.1, 0.15) is 6.29 Å². The molecule has 0 heterocycles. The maximum absolute atomic E-state index is 10.9. The van der Waals surface area contributed by atoms with E-state index < -0.39 is 0 Å². The summed E-state index contributed by atoms with van der Waals surface area (Å²) in [5.41, 5.74) is 1.39. The van der Waals surface area contributed by atoms with Gasteiger partial charge in [-0.05, 0) is 54.6 Å². The number of fused-ring (bicyclic) bond motifs is 1. The molecule has 0 amide bonds. The number of carbonyl (C=O) groups excluding carboxylic acids is 1. The zero-order valence-electron chi connectivity index (χ0n) is 9.62. The predicted molar refractivity (Wildman–Crippen MR) is 61.2 cm³/mol. The van der Waals surface area contributed by atoms with Gasteiger partial charge in [-0.3, -0.25) is 4.79 Å². The van der Waals surface area contributed by atoms with E-state index in [-0.39, 0.29) is 0 Å². The summed E-state index contributed by atoms with van der Waals surface area (Å²) in [6, 6.07) is 0. The van der Waals surface area contributed by atoms with E-state index in [0.717, 1.165) is 37.0 Å². The highest BCUT2D eigenvalue weighted by Gasteiger charge is 2.55. The number of allylic oxidation sites excluding steroid dienone is 4. The lowest BCUT2D eigenvalue weighted by molar-refractivity contribution is -0.105. The SMILES string of the molecule is CC1(C)[C@@H]2/C=C(/C=O)CC/C=[C]/CC[C@@H]21. The van der Waals surface area contributed by atoms with Crippen molar-refractivity contribution >= 4 is 6.29 Å². The summed E-state index contributed by atoms with van der Waals surface area (Å²) in [6.07, 6.45) is 12.8. The monoisotopic (exact) mass is 203 g/mol. The van der Waals surface area contributed by atoms with E-state index in [9.17, 15) is 4.79 Å². The lowest BCUT2D eigenvalue weighted by Crippen LogP contribution is -1.91. The molecule has 1 saturated carbocycles. The van der Waals surface area contributed by atoms with Crippen molar-refractivity contribution in [3.05, 3.63) is 23.8 Å². The molecule has 1 nitrogen and oxygen atoms in total. The minimum atomic E-state index is 0.403. The first-order valence-electron chi connectivity index (χ1n) is 5.87. The Labute approximate surface area is 92.3 Å². The standard InChI is InChI=1S/C14H19O/c1-14(2)12-8-6-4-3-5-7-11(10-15)9-13(12)14/h3,9-10,12-13H,5-8H2,1-2H3/b4-3?,11-9+/t12-,13+/m0/s1. The Kier molecular flexibility index (Phi) is 2.81. The molecule has 0 bridgehead atoms. The maximum Gasteiger partial charge on any atom is 0.145 e. The van der Waals surface area contributed by atoms with Crippen LogP contribution in [0, 0.1) is 23.3 Å². The Bertz CT molecular complexity index is 309. The number of carbonyl (C=O) groups is 1. The highest BCUT2D eigenvalue weighted by atomic mass is 16.1. The van der Waals surface area contributed by atoms with Gasteiger partial charge in [-0.2, -0.15) is 0 Å². The third kappa shape index (κ3) is 2.06. The van der Waals surface area contributed by atoms with Crippen LogP contribution in [-0.2, 0) is 4.79 Å². The second kappa shape index (κ2) is 3.96. The Balaban J connectivity index is 2.15. The molecule has 0 aliphatic heterocycles. The average molecular weight is 203 g/mol. The number of rotatable bonds is 1. The lowest BCUT2D eigenvalue weighted by Gasteiger charge is -1.99. The molecule has 2 rings (SSSR count). The first-order chi connectivity index (χ1) is 7.16. The average Bonchev–Trinajstić information content (AvgIpc) is 2.74. The summed E-state index contributed by atoms with van der Waals surface area (Å²) < 4.78 is 0. The van der Waals surface area contributed by atoms with Crippen molar-refractivity contribution in [3.8, 4) is 0 Å². The van der Waals surface area contributed by atoms with E-state index in [2.05, 4.69) is 32.1 Å². The summed E-state index contributed by atoms with van der Waals surface area (Å²) in [5.74, 6) is 1.38. The van der Waals surface area contributed by atoms with E-state index in [0.29, 0.717) is 11.3 Å². The van der Waals surface area contributed by atoms with Gasteiger partial charge in [-0.15, -0.1) is 0 Å². The second-order valence-corrected chi connectivity index (χ2v) is 5.30. The zero-order valence-corrected chi connectivity index (χ0v) is 9.62. The fourth-order valence-electron chi connectivity index (χ4n) is 2.76. The molecular weight excluding hydrogens is 184 g/mol. The van der Waals surface area contributed by atoms with Gasteiger partial charge in [0.05, 0.1) is 0 Å². The van der Waals surface area contributed by atoms with Crippen LogP contribution in [0.4, 0.5) is 0 Å².